The monoisotopic (exact) mass is 441 g/mol. The van der Waals surface area contributed by atoms with Gasteiger partial charge in [0.1, 0.15) is 17.3 Å². The van der Waals surface area contributed by atoms with Gasteiger partial charge in [-0.1, -0.05) is 24.3 Å². The number of ether oxygens (including phenoxy) is 2. The summed E-state index contributed by atoms with van der Waals surface area (Å²) in [5, 5.41) is 10.4. The van der Waals surface area contributed by atoms with E-state index in [4.69, 9.17) is 18.9 Å². The summed E-state index contributed by atoms with van der Waals surface area (Å²) in [6.07, 6.45) is 3.96. The molecular formula is C26H23N3O4. The van der Waals surface area contributed by atoms with Gasteiger partial charge >= 0.3 is 0 Å². The average molecular weight is 441 g/mol. The second-order valence-corrected chi connectivity index (χ2v) is 7.65. The van der Waals surface area contributed by atoms with E-state index in [9.17, 15) is 5.11 Å². The predicted octanol–water partition coefficient (Wildman–Crippen LogP) is 5.05. The minimum atomic E-state index is 0.242. The minimum absolute atomic E-state index is 0.242. The molecule has 7 heteroatoms. The van der Waals surface area contributed by atoms with E-state index in [0.717, 1.165) is 33.8 Å². The quantitative estimate of drug-likeness (QED) is 0.380. The molecule has 0 aliphatic carbocycles. The highest BCUT2D eigenvalue weighted by Crippen LogP contribution is 2.30. The Hall–Kier alpha value is -4.26. The van der Waals surface area contributed by atoms with Crippen LogP contribution < -0.4 is 9.47 Å². The number of phenolic OH excluding ortho intramolecular Hbond substituents is 1. The van der Waals surface area contributed by atoms with Crippen molar-refractivity contribution in [1.29, 1.82) is 0 Å². The number of hydrogen-bond acceptors (Lipinski definition) is 6. The van der Waals surface area contributed by atoms with Gasteiger partial charge in [-0.05, 0) is 42.0 Å². The van der Waals surface area contributed by atoms with Gasteiger partial charge in [-0.25, -0.2) is 9.97 Å². The lowest BCUT2D eigenvalue weighted by molar-refractivity contribution is 0.354. The topological polar surface area (TPSA) is 82.5 Å². The Bertz CT molecular complexity index is 1410. The number of aromatic hydroxyl groups is 1. The molecule has 7 nitrogen and oxygen atoms in total. The number of para-hydroxylation sites is 1. The molecule has 33 heavy (non-hydrogen) atoms. The second kappa shape index (κ2) is 8.70. The zero-order valence-electron chi connectivity index (χ0n) is 18.4. The van der Waals surface area contributed by atoms with Gasteiger partial charge in [0.2, 0.25) is 0 Å². The molecule has 0 radical (unpaired) electrons. The minimum Gasteiger partial charge on any atom is -0.508 e. The van der Waals surface area contributed by atoms with Crippen molar-refractivity contribution in [1.82, 2.24) is 14.5 Å². The van der Waals surface area contributed by atoms with E-state index < -0.39 is 0 Å². The van der Waals surface area contributed by atoms with E-state index in [1.807, 2.05) is 54.6 Å². The fourth-order valence-electron chi connectivity index (χ4n) is 3.93. The number of furan rings is 1. The number of pyridine rings is 1. The maximum Gasteiger partial charge on any atom is 0.177 e. The first-order valence-electron chi connectivity index (χ1n) is 10.5. The van der Waals surface area contributed by atoms with Gasteiger partial charge in [0.25, 0.3) is 0 Å². The summed E-state index contributed by atoms with van der Waals surface area (Å²) in [5.41, 5.74) is 4.18. The Morgan fingerprint density at radius 1 is 0.970 bits per heavy atom. The molecule has 5 rings (SSSR count). The molecule has 0 unspecified atom stereocenters. The van der Waals surface area contributed by atoms with Crippen LogP contribution in [0.5, 0.6) is 17.2 Å². The van der Waals surface area contributed by atoms with Crippen LogP contribution >= 0.6 is 0 Å². The van der Waals surface area contributed by atoms with Crippen LogP contribution in [0.2, 0.25) is 0 Å². The third-order valence-corrected chi connectivity index (χ3v) is 5.62. The zero-order chi connectivity index (χ0) is 22.8. The highest BCUT2D eigenvalue weighted by Gasteiger charge is 2.17. The molecule has 0 saturated carbocycles. The summed E-state index contributed by atoms with van der Waals surface area (Å²) in [4.78, 5) is 9.41. The molecule has 0 bridgehead atoms. The highest BCUT2D eigenvalue weighted by atomic mass is 16.5. The number of rotatable bonds is 7. The molecule has 0 fully saturated rings. The Morgan fingerprint density at radius 3 is 2.58 bits per heavy atom. The van der Waals surface area contributed by atoms with Gasteiger partial charge < -0.3 is 23.6 Å². The molecule has 1 N–H and O–H groups in total. The molecule has 0 spiro atoms. The summed E-state index contributed by atoms with van der Waals surface area (Å²) in [6, 6.07) is 18.9. The lowest BCUT2D eigenvalue weighted by Crippen LogP contribution is -2.06. The number of nitrogens with zero attached hydrogens (tertiary/aromatic N) is 3. The summed E-state index contributed by atoms with van der Waals surface area (Å²) in [7, 11) is 3.24. The van der Waals surface area contributed by atoms with Crippen molar-refractivity contribution < 1.29 is 19.0 Å². The molecule has 0 aliphatic rings. The van der Waals surface area contributed by atoms with E-state index in [1.165, 1.54) is 0 Å². The molecule has 0 atom stereocenters. The van der Waals surface area contributed by atoms with Crippen molar-refractivity contribution in [3.63, 3.8) is 0 Å². The Kier molecular flexibility index (Phi) is 5.44. The average Bonchev–Trinajstić information content (AvgIpc) is 3.49. The first kappa shape index (κ1) is 20.6. The van der Waals surface area contributed by atoms with Crippen LogP contribution in [0.15, 0.2) is 77.5 Å². The third-order valence-electron chi connectivity index (χ3n) is 5.62. The van der Waals surface area contributed by atoms with Crippen LogP contribution in [-0.2, 0) is 13.0 Å². The maximum absolute atomic E-state index is 10.4. The first-order chi connectivity index (χ1) is 16.2. The molecule has 3 aromatic heterocycles. The second-order valence-electron chi connectivity index (χ2n) is 7.65. The third kappa shape index (κ3) is 4.01. The number of aromatic nitrogens is 3. The number of imidazole rings is 1. The molecule has 166 valence electrons. The number of fused-ring (bicyclic) bond motifs is 1. The fourth-order valence-corrected chi connectivity index (χ4v) is 3.93. The van der Waals surface area contributed by atoms with Crippen LogP contribution in [0.25, 0.3) is 22.5 Å². The van der Waals surface area contributed by atoms with Crippen LogP contribution in [0.4, 0.5) is 0 Å². The van der Waals surface area contributed by atoms with Crippen molar-refractivity contribution in [3.05, 3.63) is 90.1 Å². The smallest absolute Gasteiger partial charge is 0.177 e. The molecular weight excluding hydrogens is 418 g/mol. The number of hydrogen-bond donors (Lipinski definition) is 1. The van der Waals surface area contributed by atoms with Crippen LogP contribution in [0, 0.1) is 0 Å². The van der Waals surface area contributed by atoms with Gasteiger partial charge in [-0.2, -0.15) is 0 Å². The van der Waals surface area contributed by atoms with Gasteiger partial charge in [0.15, 0.2) is 17.1 Å². The van der Waals surface area contributed by atoms with Crippen LogP contribution in [0.1, 0.15) is 17.0 Å². The van der Waals surface area contributed by atoms with Crippen molar-refractivity contribution in [3.8, 4) is 28.6 Å². The van der Waals surface area contributed by atoms with Crippen LogP contribution in [-0.4, -0.2) is 33.9 Å². The molecule has 0 amide bonds. The highest BCUT2D eigenvalue weighted by molar-refractivity contribution is 5.77. The molecule has 2 aromatic carbocycles. The number of benzene rings is 2. The Labute approximate surface area is 190 Å². The van der Waals surface area contributed by atoms with Crippen molar-refractivity contribution in [2.45, 2.75) is 13.0 Å². The van der Waals surface area contributed by atoms with E-state index in [-0.39, 0.29) is 5.75 Å². The van der Waals surface area contributed by atoms with Gasteiger partial charge in [-0.3, -0.25) is 0 Å². The summed E-state index contributed by atoms with van der Waals surface area (Å²) in [5.74, 6) is 3.14. The standard InChI is InChI=1S/C26H23N3O4/c1-31-23-10-9-17(12-24(23)32-2)13-25-28-26-20(14-19(15-27-26)22-8-5-11-33-22)29(25)16-18-6-3-4-7-21(18)30/h3-12,14-15,30H,13,16H2,1-2H3. The van der Waals surface area contributed by atoms with Crippen molar-refractivity contribution in [2.75, 3.05) is 14.2 Å². The molecule has 5 aromatic rings. The van der Waals surface area contributed by atoms with Gasteiger partial charge in [0, 0.05) is 23.7 Å². The lowest BCUT2D eigenvalue weighted by Gasteiger charge is -2.12. The maximum atomic E-state index is 10.4. The van der Waals surface area contributed by atoms with E-state index in [2.05, 4.69) is 9.55 Å². The zero-order valence-corrected chi connectivity index (χ0v) is 18.4. The fraction of sp³-hybridized carbons (Fsp3) is 0.154. The van der Waals surface area contributed by atoms with Crippen molar-refractivity contribution in [2.24, 2.45) is 0 Å². The Balaban J connectivity index is 1.62. The summed E-state index contributed by atoms with van der Waals surface area (Å²) >= 11 is 0. The van der Waals surface area contributed by atoms with E-state index >= 15 is 0 Å². The molecule has 0 aliphatic heterocycles. The Morgan fingerprint density at radius 2 is 1.82 bits per heavy atom. The van der Waals surface area contributed by atoms with E-state index in [1.54, 1.807) is 32.7 Å². The molecule has 3 heterocycles. The number of phenols is 1. The largest absolute Gasteiger partial charge is 0.508 e. The SMILES string of the molecule is COc1ccc(Cc2nc3ncc(-c4ccco4)cc3n2Cc2ccccc2O)cc1OC. The van der Waals surface area contributed by atoms with Crippen molar-refractivity contribution >= 4 is 11.2 Å². The first-order valence-corrected chi connectivity index (χ1v) is 10.5. The lowest BCUT2D eigenvalue weighted by atomic mass is 10.1. The summed E-state index contributed by atoms with van der Waals surface area (Å²) < 4.78 is 18.5. The summed E-state index contributed by atoms with van der Waals surface area (Å²) in [6.45, 7) is 0.453. The normalized spacial score (nSPS) is 11.1. The molecule has 0 saturated heterocycles. The van der Waals surface area contributed by atoms with Gasteiger partial charge in [0.05, 0.1) is 32.5 Å². The van der Waals surface area contributed by atoms with Gasteiger partial charge in [-0.15, -0.1) is 0 Å². The predicted molar refractivity (Wildman–Crippen MR) is 125 cm³/mol. The number of methoxy groups -OCH3 is 2. The van der Waals surface area contributed by atoms with E-state index in [0.29, 0.717) is 30.1 Å². The van der Waals surface area contributed by atoms with Crippen LogP contribution in [0.3, 0.4) is 0 Å².